The molecule has 112 valence electrons. The lowest BCUT2D eigenvalue weighted by atomic mass is 9.99. The van der Waals surface area contributed by atoms with E-state index in [4.69, 9.17) is 0 Å². The second-order valence-corrected chi connectivity index (χ2v) is 6.40. The number of rotatable bonds is 6. The molecule has 1 atom stereocenters. The highest BCUT2D eigenvalue weighted by atomic mass is 15.1. The van der Waals surface area contributed by atoms with Crippen LogP contribution in [0.25, 0.3) is 0 Å². The van der Waals surface area contributed by atoms with Crippen molar-refractivity contribution >= 4 is 0 Å². The summed E-state index contributed by atoms with van der Waals surface area (Å²) < 4.78 is 0. The van der Waals surface area contributed by atoms with Gasteiger partial charge in [0.2, 0.25) is 0 Å². The van der Waals surface area contributed by atoms with E-state index in [0.29, 0.717) is 12.0 Å². The summed E-state index contributed by atoms with van der Waals surface area (Å²) in [6, 6.07) is 9.52. The predicted octanol–water partition coefficient (Wildman–Crippen LogP) is 3.95. The number of nitrogens with one attached hydrogen (secondary N) is 1. The number of nitrogens with zero attached hydrogens (tertiary/aromatic N) is 1. The van der Waals surface area contributed by atoms with Crippen LogP contribution >= 0.6 is 0 Å². The molecule has 1 aromatic carbocycles. The number of likely N-dealkylation sites (tertiary alicyclic amines) is 1. The first-order valence-corrected chi connectivity index (χ1v) is 8.22. The minimum atomic E-state index is 0.445. The van der Waals surface area contributed by atoms with Crippen LogP contribution in [0.15, 0.2) is 24.3 Å². The van der Waals surface area contributed by atoms with E-state index in [2.05, 4.69) is 55.3 Å². The Morgan fingerprint density at radius 1 is 0.950 bits per heavy atom. The maximum absolute atomic E-state index is 3.65. The van der Waals surface area contributed by atoms with Crippen molar-refractivity contribution in [2.45, 2.75) is 52.0 Å². The Bertz CT molecular complexity index is 377. The molecule has 0 bridgehead atoms. The smallest absolute Gasteiger partial charge is 0.0292 e. The van der Waals surface area contributed by atoms with Crippen molar-refractivity contribution in [2.24, 2.45) is 0 Å². The average Bonchev–Trinajstić information content (AvgIpc) is 2.48. The minimum Gasteiger partial charge on any atom is -0.309 e. The Labute approximate surface area is 124 Å². The van der Waals surface area contributed by atoms with Crippen molar-refractivity contribution in [3.63, 3.8) is 0 Å². The van der Waals surface area contributed by atoms with Gasteiger partial charge in [0.15, 0.2) is 0 Å². The maximum Gasteiger partial charge on any atom is 0.0292 e. The summed E-state index contributed by atoms with van der Waals surface area (Å²) in [7, 11) is 0. The largest absolute Gasteiger partial charge is 0.309 e. The van der Waals surface area contributed by atoms with Crippen LogP contribution in [0.4, 0.5) is 0 Å². The molecule has 0 radical (unpaired) electrons. The lowest BCUT2D eigenvalue weighted by molar-refractivity contribution is 0.227. The van der Waals surface area contributed by atoms with Gasteiger partial charge in [0.05, 0.1) is 0 Å². The molecule has 0 aliphatic carbocycles. The fourth-order valence-corrected chi connectivity index (χ4v) is 2.91. The molecule has 1 aliphatic heterocycles. The van der Waals surface area contributed by atoms with E-state index in [0.717, 1.165) is 6.54 Å². The van der Waals surface area contributed by atoms with Crippen LogP contribution in [0.2, 0.25) is 0 Å². The normalized spacial score (nSPS) is 18.4. The maximum atomic E-state index is 3.65. The van der Waals surface area contributed by atoms with Crippen LogP contribution in [0.1, 0.15) is 63.1 Å². The molecule has 1 saturated heterocycles. The van der Waals surface area contributed by atoms with Gasteiger partial charge in [-0.2, -0.15) is 0 Å². The second-order valence-electron chi connectivity index (χ2n) is 6.40. The predicted molar refractivity (Wildman–Crippen MR) is 87.2 cm³/mol. The molecule has 1 unspecified atom stereocenters. The molecule has 1 aliphatic rings. The highest BCUT2D eigenvalue weighted by molar-refractivity contribution is 5.26. The first-order valence-electron chi connectivity index (χ1n) is 8.22. The Kier molecular flexibility index (Phi) is 6.06. The summed E-state index contributed by atoms with van der Waals surface area (Å²) in [6.45, 7) is 11.6. The molecule has 2 heteroatoms. The highest BCUT2D eigenvalue weighted by Gasteiger charge is 2.10. The van der Waals surface area contributed by atoms with Crippen LogP contribution in [0.5, 0.6) is 0 Å². The zero-order chi connectivity index (χ0) is 14.4. The molecule has 2 rings (SSSR count). The monoisotopic (exact) mass is 274 g/mol. The van der Waals surface area contributed by atoms with E-state index in [1.165, 1.54) is 50.0 Å². The third kappa shape index (κ3) is 4.60. The van der Waals surface area contributed by atoms with Gasteiger partial charge in [0.1, 0.15) is 0 Å². The molecule has 0 amide bonds. The topological polar surface area (TPSA) is 15.3 Å². The van der Waals surface area contributed by atoms with E-state index in [1.807, 2.05) is 0 Å². The summed E-state index contributed by atoms with van der Waals surface area (Å²) in [5.74, 6) is 0.617. The Morgan fingerprint density at radius 3 is 2.15 bits per heavy atom. The molecular formula is C18H30N2. The minimum absolute atomic E-state index is 0.445. The highest BCUT2D eigenvalue weighted by Crippen LogP contribution is 2.18. The summed E-state index contributed by atoms with van der Waals surface area (Å²) >= 11 is 0. The second kappa shape index (κ2) is 7.80. The average molecular weight is 274 g/mol. The zero-order valence-corrected chi connectivity index (χ0v) is 13.4. The van der Waals surface area contributed by atoms with Crippen molar-refractivity contribution in [2.75, 3.05) is 26.2 Å². The number of hydrogen-bond donors (Lipinski definition) is 1. The van der Waals surface area contributed by atoms with E-state index < -0.39 is 0 Å². The Hall–Kier alpha value is -0.860. The molecule has 1 N–H and O–H groups in total. The fraction of sp³-hybridized carbons (Fsp3) is 0.667. The molecule has 1 fully saturated rings. The quantitative estimate of drug-likeness (QED) is 0.845. The van der Waals surface area contributed by atoms with Crippen LogP contribution in [-0.4, -0.2) is 31.1 Å². The van der Waals surface area contributed by atoms with Crippen molar-refractivity contribution in [1.29, 1.82) is 0 Å². The molecule has 0 spiro atoms. The molecule has 1 aromatic rings. The molecular weight excluding hydrogens is 244 g/mol. The van der Waals surface area contributed by atoms with Crippen LogP contribution < -0.4 is 5.32 Å². The third-order valence-corrected chi connectivity index (χ3v) is 4.43. The van der Waals surface area contributed by atoms with Crippen molar-refractivity contribution < 1.29 is 0 Å². The summed E-state index contributed by atoms with van der Waals surface area (Å²) in [6.07, 6.45) is 4.18. The molecule has 0 aromatic heterocycles. The van der Waals surface area contributed by atoms with Gasteiger partial charge in [-0.3, -0.25) is 0 Å². The van der Waals surface area contributed by atoms with Gasteiger partial charge in [-0.1, -0.05) is 44.5 Å². The summed E-state index contributed by atoms with van der Waals surface area (Å²) in [4.78, 5) is 2.59. The van der Waals surface area contributed by atoms with Crippen molar-refractivity contribution in [3.05, 3.63) is 35.4 Å². The standard InChI is InChI=1S/C18H30N2/c1-15(2)17-7-9-18(10-8-17)16(3)19-11-14-20-12-5-4-6-13-20/h7-10,15-16,19H,4-6,11-14H2,1-3H3. The van der Waals surface area contributed by atoms with E-state index in [1.54, 1.807) is 0 Å². The van der Waals surface area contributed by atoms with Gasteiger partial charge in [0.25, 0.3) is 0 Å². The van der Waals surface area contributed by atoms with Gasteiger partial charge in [0, 0.05) is 19.1 Å². The number of hydrogen-bond acceptors (Lipinski definition) is 2. The Morgan fingerprint density at radius 2 is 1.55 bits per heavy atom. The van der Waals surface area contributed by atoms with E-state index in [9.17, 15) is 0 Å². The lowest BCUT2D eigenvalue weighted by Crippen LogP contribution is -2.36. The molecule has 0 saturated carbocycles. The van der Waals surface area contributed by atoms with Gasteiger partial charge in [-0.05, 0) is 49.9 Å². The first kappa shape index (κ1) is 15.5. The van der Waals surface area contributed by atoms with E-state index in [-0.39, 0.29) is 0 Å². The van der Waals surface area contributed by atoms with Crippen LogP contribution in [0, 0.1) is 0 Å². The molecule has 20 heavy (non-hydrogen) atoms. The third-order valence-electron chi connectivity index (χ3n) is 4.43. The number of benzene rings is 1. The Balaban J connectivity index is 1.74. The first-order chi connectivity index (χ1) is 9.66. The number of piperidine rings is 1. The lowest BCUT2D eigenvalue weighted by Gasteiger charge is -2.27. The van der Waals surface area contributed by atoms with Gasteiger partial charge in [-0.15, -0.1) is 0 Å². The molecule has 2 nitrogen and oxygen atoms in total. The SMILES string of the molecule is CC(C)c1ccc(C(C)NCCN2CCCCC2)cc1. The van der Waals surface area contributed by atoms with Crippen LogP contribution in [0.3, 0.4) is 0 Å². The van der Waals surface area contributed by atoms with Gasteiger partial charge in [-0.25, -0.2) is 0 Å². The van der Waals surface area contributed by atoms with E-state index >= 15 is 0 Å². The van der Waals surface area contributed by atoms with Gasteiger partial charge >= 0.3 is 0 Å². The van der Waals surface area contributed by atoms with Crippen molar-refractivity contribution in [3.8, 4) is 0 Å². The zero-order valence-electron chi connectivity index (χ0n) is 13.4. The van der Waals surface area contributed by atoms with Crippen molar-refractivity contribution in [1.82, 2.24) is 10.2 Å². The molecule has 1 heterocycles. The summed E-state index contributed by atoms with van der Waals surface area (Å²) in [5.41, 5.74) is 2.82. The van der Waals surface area contributed by atoms with Gasteiger partial charge < -0.3 is 10.2 Å². The summed E-state index contributed by atoms with van der Waals surface area (Å²) in [5, 5.41) is 3.65. The van der Waals surface area contributed by atoms with Crippen LogP contribution in [-0.2, 0) is 0 Å². The fourth-order valence-electron chi connectivity index (χ4n) is 2.91.